The van der Waals surface area contributed by atoms with Crippen LogP contribution in [0.25, 0.3) is 0 Å². The molecule has 1 aromatic heterocycles. The molecule has 0 saturated heterocycles. The van der Waals surface area contributed by atoms with Gasteiger partial charge in [0, 0.05) is 10.7 Å². The Bertz CT molecular complexity index is 537. The smallest absolute Gasteiger partial charge is 0.255 e. The zero-order chi connectivity index (χ0) is 12.4. The Kier molecular flexibility index (Phi) is 3.43. The first-order chi connectivity index (χ1) is 8.04. The van der Waals surface area contributed by atoms with Crippen molar-refractivity contribution in [1.29, 1.82) is 0 Å². The Morgan fingerprint density at radius 3 is 2.35 bits per heavy atom. The van der Waals surface area contributed by atoms with Gasteiger partial charge in [0.1, 0.15) is 5.75 Å². The van der Waals surface area contributed by atoms with Crippen LogP contribution in [-0.4, -0.2) is 4.98 Å². The van der Waals surface area contributed by atoms with Crippen LogP contribution < -0.4 is 4.74 Å². The van der Waals surface area contributed by atoms with E-state index in [1.54, 1.807) is 0 Å². The number of hydrogen-bond acceptors (Lipinski definition) is 2. The lowest BCUT2D eigenvalue weighted by molar-refractivity contribution is 0.422. The molecule has 0 atom stereocenters. The van der Waals surface area contributed by atoms with E-state index < -0.39 is 5.82 Å². The van der Waals surface area contributed by atoms with Gasteiger partial charge in [-0.3, -0.25) is 0 Å². The minimum Gasteiger partial charge on any atom is -0.436 e. The monoisotopic (exact) mass is 295 g/mol. The lowest BCUT2D eigenvalue weighted by Crippen LogP contribution is -1.92. The van der Waals surface area contributed by atoms with E-state index in [4.69, 9.17) is 4.74 Å². The van der Waals surface area contributed by atoms with Gasteiger partial charge in [0.25, 0.3) is 5.88 Å². The average Bonchev–Trinajstić information content (AvgIpc) is 2.21. The Morgan fingerprint density at radius 1 is 1.12 bits per heavy atom. The highest BCUT2D eigenvalue weighted by atomic mass is 79.9. The van der Waals surface area contributed by atoms with Gasteiger partial charge in [0.05, 0.1) is 0 Å². The van der Waals surface area contributed by atoms with Gasteiger partial charge in [-0.1, -0.05) is 6.07 Å². The van der Waals surface area contributed by atoms with Crippen molar-refractivity contribution in [1.82, 2.24) is 4.98 Å². The number of benzene rings is 1. The first kappa shape index (κ1) is 12.0. The highest BCUT2D eigenvalue weighted by Gasteiger charge is 2.07. The van der Waals surface area contributed by atoms with Crippen molar-refractivity contribution in [3.8, 4) is 11.6 Å². The Balaban J connectivity index is 2.31. The lowest BCUT2D eigenvalue weighted by atomic mass is 10.1. The number of ether oxygens (including phenoxy) is 1. The van der Waals surface area contributed by atoms with Crippen LogP contribution in [0.4, 0.5) is 4.39 Å². The molecule has 0 amide bonds. The van der Waals surface area contributed by atoms with Crippen LogP contribution in [0.1, 0.15) is 11.1 Å². The molecule has 0 bridgehead atoms. The molecule has 0 aliphatic heterocycles. The van der Waals surface area contributed by atoms with Gasteiger partial charge in [-0.2, -0.15) is 0 Å². The summed E-state index contributed by atoms with van der Waals surface area (Å²) in [6.45, 7) is 3.93. The van der Waals surface area contributed by atoms with Gasteiger partial charge < -0.3 is 4.74 Å². The van der Waals surface area contributed by atoms with Crippen molar-refractivity contribution >= 4 is 15.9 Å². The van der Waals surface area contributed by atoms with Gasteiger partial charge in [0.15, 0.2) is 5.82 Å². The maximum absolute atomic E-state index is 13.5. The molecule has 2 aromatic rings. The van der Waals surface area contributed by atoms with E-state index in [9.17, 15) is 4.39 Å². The molecule has 2 rings (SSSR count). The molecule has 0 spiro atoms. The van der Waals surface area contributed by atoms with E-state index in [0.29, 0.717) is 10.2 Å². The number of hydrogen-bond donors (Lipinski definition) is 0. The van der Waals surface area contributed by atoms with Crippen LogP contribution in [0.2, 0.25) is 0 Å². The van der Waals surface area contributed by atoms with E-state index in [2.05, 4.69) is 20.9 Å². The highest BCUT2D eigenvalue weighted by Crippen LogP contribution is 2.25. The zero-order valence-electron chi connectivity index (χ0n) is 9.50. The predicted molar refractivity (Wildman–Crippen MR) is 67.9 cm³/mol. The SMILES string of the molecule is Cc1cc(C)cc(Oc2ncc(Br)cc2F)c1. The third kappa shape index (κ3) is 3.03. The maximum Gasteiger partial charge on any atom is 0.255 e. The standard InChI is InChI=1S/C13H11BrFNO/c1-8-3-9(2)5-11(4-8)17-13-12(15)6-10(14)7-16-13/h3-7H,1-2H3. The van der Waals surface area contributed by atoms with Crippen molar-refractivity contribution in [2.45, 2.75) is 13.8 Å². The van der Waals surface area contributed by atoms with Crippen molar-refractivity contribution in [2.24, 2.45) is 0 Å². The van der Waals surface area contributed by atoms with Gasteiger partial charge >= 0.3 is 0 Å². The van der Waals surface area contributed by atoms with Crippen LogP contribution in [0.5, 0.6) is 11.6 Å². The second-order valence-electron chi connectivity index (χ2n) is 3.87. The molecular weight excluding hydrogens is 285 g/mol. The second-order valence-corrected chi connectivity index (χ2v) is 4.78. The largest absolute Gasteiger partial charge is 0.436 e. The first-order valence-electron chi connectivity index (χ1n) is 5.12. The normalized spacial score (nSPS) is 10.4. The second kappa shape index (κ2) is 4.84. The van der Waals surface area contributed by atoms with Crippen molar-refractivity contribution in [3.63, 3.8) is 0 Å². The molecule has 1 heterocycles. The molecule has 0 fully saturated rings. The lowest BCUT2D eigenvalue weighted by Gasteiger charge is -2.07. The summed E-state index contributed by atoms with van der Waals surface area (Å²) in [7, 11) is 0. The first-order valence-corrected chi connectivity index (χ1v) is 5.91. The topological polar surface area (TPSA) is 22.1 Å². The summed E-state index contributed by atoms with van der Waals surface area (Å²) in [5, 5.41) is 0. The van der Waals surface area contributed by atoms with Crippen LogP contribution in [-0.2, 0) is 0 Å². The number of nitrogens with zero attached hydrogens (tertiary/aromatic N) is 1. The summed E-state index contributed by atoms with van der Waals surface area (Å²) >= 11 is 3.15. The predicted octanol–water partition coefficient (Wildman–Crippen LogP) is 4.39. The number of pyridine rings is 1. The molecule has 88 valence electrons. The Morgan fingerprint density at radius 2 is 1.76 bits per heavy atom. The Hall–Kier alpha value is -1.42. The number of halogens is 2. The molecule has 0 saturated carbocycles. The van der Waals surface area contributed by atoms with Gasteiger partial charge in [-0.15, -0.1) is 0 Å². The van der Waals surface area contributed by atoms with Crippen molar-refractivity contribution < 1.29 is 9.13 Å². The van der Waals surface area contributed by atoms with E-state index in [-0.39, 0.29) is 5.88 Å². The molecule has 17 heavy (non-hydrogen) atoms. The molecule has 1 aromatic carbocycles. The van der Waals surface area contributed by atoms with Gasteiger partial charge in [0.2, 0.25) is 0 Å². The van der Waals surface area contributed by atoms with E-state index in [0.717, 1.165) is 11.1 Å². The van der Waals surface area contributed by atoms with Crippen molar-refractivity contribution in [2.75, 3.05) is 0 Å². The zero-order valence-corrected chi connectivity index (χ0v) is 11.1. The van der Waals surface area contributed by atoms with Crippen LogP contribution in [0.15, 0.2) is 34.9 Å². The van der Waals surface area contributed by atoms with E-state index in [1.165, 1.54) is 12.3 Å². The fourth-order valence-corrected chi connectivity index (χ4v) is 1.88. The summed E-state index contributed by atoms with van der Waals surface area (Å²) < 4.78 is 19.5. The quantitative estimate of drug-likeness (QED) is 0.820. The number of rotatable bonds is 2. The minimum atomic E-state index is -0.487. The van der Waals surface area contributed by atoms with Crippen LogP contribution in [0, 0.1) is 19.7 Å². The maximum atomic E-state index is 13.5. The molecule has 0 unspecified atom stereocenters. The summed E-state index contributed by atoms with van der Waals surface area (Å²) in [6.07, 6.45) is 1.50. The van der Waals surface area contributed by atoms with Gasteiger partial charge in [-0.25, -0.2) is 9.37 Å². The fourth-order valence-electron chi connectivity index (χ4n) is 1.58. The van der Waals surface area contributed by atoms with E-state index in [1.807, 2.05) is 32.0 Å². The molecular formula is C13H11BrFNO. The molecule has 2 nitrogen and oxygen atoms in total. The summed E-state index contributed by atoms with van der Waals surface area (Å²) in [5.41, 5.74) is 2.13. The summed E-state index contributed by atoms with van der Waals surface area (Å²) in [6, 6.07) is 7.04. The van der Waals surface area contributed by atoms with E-state index >= 15 is 0 Å². The summed E-state index contributed by atoms with van der Waals surface area (Å²) in [4.78, 5) is 3.89. The highest BCUT2D eigenvalue weighted by molar-refractivity contribution is 9.10. The molecule has 0 N–H and O–H groups in total. The third-order valence-corrected chi connectivity index (χ3v) is 2.62. The number of aromatic nitrogens is 1. The fraction of sp³-hybridized carbons (Fsp3) is 0.154. The van der Waals surface area contributed by atoms with Crippen LogP contribution >= 0.6 is 15.9 Å². The molecule has 4 heteroatoms. The van der Waals surface area contributed by atoms with Crippen molar-refractivity contribution in [3.05, 3.63) is 51.9 Å². The third-order valence-electron chi connectivity index (χ3n) is 2.18. The Labute approximate surface area is 108 Å². The summed E-state index contributed by atoms with van der Waals surface area (Å²) in [5.74, 6) is 0.0907. The molecule has 0 radical (unpaired) electrons. The van der Waals surface area contributed by atoms with Crippen LogP contribution in [0.3, 0.4) is 0 Å². The number of aryl methyl sites for hydroxylation is 2. The molecule has 0 aliphatic carbocycles. The minimum absolute atomic E-state index is 0.0156. The molecule has 0 aliphatic rings. The van der Waals surface area contributed by atoms with Gasteiger partial charge in [-0.05, 0) is 59.1 Å². The average molecular weight is 296 g/mol.